The Bertz CT molecular complexity index is 447. The van der Waals surface area contributed by atoms with Crippen LogP contribution in [0, 0.1) is 0 Å². The van der Waals surface area contributed by atoms with Gasteiger partial charge in [-0.25, -0.2) is 0 Å². The Morgan fingerprint density at radius 2 is 2.38 bits per heavy atom. The first-order valence-electron chi connectivity index (χ1n) is 4.81. The summed E-state index contributed by atoms with van der Waals surface area (Å²) in [6.07, 6.45) is 1.77. The number of aliphatic hydroxyl groups excluding tert-OH is 1. The van der Waals surface area contributed by atoms with E-state index in [0.29, 0.717) is 0 Å². The average Bonchev–Trinajstić information content (AvgIpc) is 2.79. The number of nitrogens with one attached hydrogen (secondary N) is 1. The third-order valence-electron chi connectivity index (χ3n) is 2.14. The van der Waals surface area contributed by atoms with Crippen molar-refractivity contribution < 1.29 is 5.11 Å². The highest BCUT2D eigenvalue weighted by molar-refractivity contribution is 9.10. The molecule has 0 radical (unpaired) electrons. The summed E-state index contributed by atoms with van der Waals surface area (Å²) in [6.45, 7) is 0.0503. The topological polar surface area (TPSA) is 45.1 Å². The predicted molar refractivity (Wildman–Crippen MR) is 69.7 cm³/mol. The minimum absolute atomic E-state index is 0.0503. The standard InChI is InChI=1S/C11H11BrN2OS/c12-8-2-1-3-9(4-8)14-10(6-15)11-5-13-7-16-11/h1-5,7,10,14-15H,6H2. The van der Waals surface area contributed by atoms with Crippen molar-refractivity contribution in [1.82, 2.24) is 4.98 Å². The van der Waals surface area contributed by atoms with E-state index in [9.17, 15) is 5.11 Å². The number of hydrogen-bond acceptors (Lipinski definition) is 4. The summed E-state index contributed by atoms with van der Waals surface area (Å²) >= 11 is 4.94. The second-order valence-electron chi connectivity index (χ2n) is 3.29. The molecule has 3 nitrogen and oxygen atoms in total. The number of thiazole rings is 1. The van der Waals surface area contributed by atoms with Crippen LogP contribution in [0.25, 0.3) is 0 Å². The lowest BCUT2D eigenvalue weighted by molar-refractivity contribution is 0.277. The van der Waals surface area contributed by atoms with Gasteiger partial charge in [0.2, 0.25) is 0 Å². The second-order valence-corrected chi connectivity index (χ2v) is 5.13. The zero-order valence-electron chi connectivity index (χ0n) is 8.43. The van der Waals surface area contributed by atoms with Crippen LogP contribution in [-0.4, -0.2) is 16.7 Å². The molecule has 1 aromatic carbocycles. The molecule has 0 aliphatic heterocycles. The fourth-order valence-corrected chi connectivity index (χ4v) is 2.45. The van der Waals surface area contributed by atoms with Crippen LogP contribution in [0.3, 0.4) is 0 Å². The molecule has 1 unspecified atom stereocenters. The number of hydrogen-bond donors (Lipinski definition) is 2. The molecule has 0 aliphatic rings. The lowest BCUT2D eigenvalue weighted by Gasteiger charge is -2.15. The number of anilines is 1. The Morgan fingerprint density at radius 3 is 3.00 bits per heavy atom. The third-order valence-corrected chi connectivity index (χ3v) is 3.53. The van der Waals surface area contributed by atoms with Crippen LogP contribution in [0.15, 0.2) is 40.4 Å². The van der Waals surface area contributed by atoms with Gasteiger partial charge in [0.05, 0.1) is 18.2 Å². The highest BCUT2D eigenvalue weighted by Crippen LogP contribution is 2.23. The van der Waals surface area contributed by atoms with Crippen molar-refractivity contribution >= 4 is 33.0 Å². The maximum absolute atomic E-state index is 9.33. The fraction of sp³-hybridized carbons (Fsp3) is 0.182. The first-order chi connectivity index (χ1) is 7.79. The van der Waals surface area contributed by atoms with Crippen molar-refractivity contribution in [3.8, 4) is 0 Å². The quantitative estimate of drug-likeness (QED) is 0.912. The van der Waals surface area contributed by atoms with E-state index < -0.39 is 0 Å². The normalized spacial score (nSPS) is 12.4. The summed E-state index contributed by atoms with van der Waals surface area (Å²) < 4.78 is 1.01. The van der Waals surface area contributed by atoms with Gasteiger partial charge in [0.1, 0.15) is 0 Å². The van der Waals surface area contributed by atoms with E-state index in [2.05, 4.69) is 26.2 Å². The van der Waals surface area contributed by atoms with Crippen LogP contribution in [0.5, 0.6) is 0 Å². The highest BCUT2D eigenvalue weighted by Gasteiger charge is 2.11. The molecule has 0 spiro atoms. The van der Waals surface area contributed by atoms with Crippen molar-refractivity contribution in [3.63, 3.8) is 0 Å². The molecule has 2 rings (SSSR count). The van der Waals surface area contributed by atoms with Gasteiger partial charge in [0.25, 0.3) is 0 Å². The maximum Gasteiger partial charge on any atom is 0.0853 e. The molecule has 5 heteroatoms. The van der Waals surface area contributed by atoms with Gasteiger partial charge in [-0.05, 0) is 18.2 Å². The zero-order valence-corrected chi connectivity index (χ0v) is 10.8. The molecule has 1 atom stereocenters. The van der Waals surface area contributed by atoms with E-state index >= 15 is 0 Å². The third kappa shape index (κ3) is 2.81. The molecule has 0 fully saturated rings. The highest BCUT2D eigenvalue weighted by atomic mass is 79.9. The number of aromatic nitrogens is 1. The van der Waals surface area contributed by atoms with Crippen molar-refractivity contribution in [2.75, 3.05) is 11.9 Å². The van der Waals surface area contributed by atoms with Gasteiger partial charge in [-0.2, -0.15) is 0 Å². The number of nitrogens with zero attached hydrogens (tertiary/aromatic N) is 1. The Kier molecular flexibility index (Phi) is 3.93. The van der Waals surface area contributed by atoms with Crippen LogP contribution in [0.4, 0.5) is 5.69 Å². The molecule has 84 valence electrons. The van der Waals surface area contributed by atoms with E-state index in [1.807, 2.05) is 24.3 Å². The van der Waals surface area contributed by atoms with Gasteiger partial charge >= 0.3 is 0 Å². The first-order valence-corrected chi connectivity index (χ1v) is 6.48. The largest absolute Gasteiger partial charge is 0.394 e. The lowest BCUT2D eigenvalue weighted by atomic mass is 10.2. The van der Waals surface area contributed by atoms with Gasteiger partial charge < -0.3 is 10.4 Å². The predicted octanol–water partition coefficient (Wildman–Crippen LogP) is 3.05. The summed E-state index contributed by atoms with van der Waals surface area (Å²) in [5.74, 6) is 0. The number of aliphatic hydroxyl groups is 1. The molecule has 1 aromatic heterocycles. The first kappa shape index (κ1) is 11.6. The van der Waals surface area contributed by atoms with E-state index in [-0.39, 0.29) is 12.6 Å². The molecule has 0 saturated carbocycles. The molecular formula is C11H11BrN2OS. The van der Waals surface area contributed by atoms with Crippen molar-refractivity contribution in [2.45, 2.75) is 6.04 Å². The average molecular weight is 299 g/mol. The molecule has 1 heterocycles. The molecule has 2 N–H and O–H groups in total. The summed E-state index contributed by atoms with van der Waals surface area (Å²) in [7, 11) is 0. The minimum atomic E-state index is -0.0956. The fourth-order valence-electron chi connectivity index (χ4n) is 1.38. The maximum atomic E-state index is 9.33. The van der Waals surface area contributed by atoms with E-state index in [4.69, 9.17) is 0 Å². The second kappa shape index (κ2) is 5.43. The lowest BCUT2D eigenvalue weighted by Crippen LogP contribution is -2.13. The van der Waals surface area contributed by atoms with Crippen molar-refractivity contribution in [2.24, 2.45) is 0 Å². The SMILES string of the molecule is OCC(Nc1cccc(Br)c1)c1cncs1. The number of rotatable bonds is 4. The van der Waals surface area contributed by atoms with Crippen LogP contribution >= 0.6 is 27.3 Å². The Labute approximate surface area is 106 Å². The van der Waals surface area contributed by atoms with E-state index in [1.54, 1.807) is 11.7 Å². The minimum Gasteiger partial charge on any atom is -0.394 e. The van der Waals surface area contributed by atoms with Gasteiger partial charge in [-0.1, -0.05) is 22.0 Å². The molecule has 0 saturated heterocycles. The van der Waals surface area contributed by atoms with Gasteiger partial charge in [0, 0.05) is 21.2 Å². The van der Waals surface area contributed by atoms with E-state index in [1.165, 1.54) is 11.3 Å². The van der Waals surface area contributed by atoms with Crippen molar-refractivity contribution in [1.29, 1.82) is 0 Å². The van der Waals surface area contributed by atoms with Crippen molar-refractivity contribution in [3.05, 3.63) is 45.3 Å². The number of halogens is 1. The zero-order chi connectivity index (χ0) is 11.4. The molecular weight excluding hydrogens is 288 g/mol. The number of benzene rings is 1. The van der Waals surface area contributed by atoms with Crippen LogP contribution < -0.4 is 5.32 Å². The molecule has 16 heavy (non-hydrogen) atoms. The molecule has 0 amide bonds. The summed E-state index contributed by atoms with van der Waals surface area (Å²) in [4.78, 5) is 5.04. The van der Waals surface area contributed by atoms with Gasteiger partial charge in [0.15, 0.2) is 0 Å². The molecule has 0 bridgehead atoms. The molecule has 0 aliphatic carbocycles. The smallest absolute Gasteiger partial charge is 0.0853 e. The Balaban J connectivity index is 2.13. The van der Waals surface area contributed by atoms with Gasteiger partial charge in [-0.15, -0.1) is 11.3 Å². The Morgan fingerprint density at radius 1 is 1.50 bits per heavy atom. The summed E-state index contributed by atoms with van der Waals surface area (Å²) in [6, 6.07) is 7.76. The molecule has 2 aromatic rings. The summed E-state index contributed by atoms with van der Waals surface area (Å²) in [5, 5.41) is 12.6. The van der Waals surface area contributed by atoms with Gasteiger partial charge in [-0.3, -0.25) is 4.98 Å². The van der Waals surface area contributed by atoms with E-state index in [0.717, 1.165) is 15.0 Å². The van der Waals surface area contributed by atoms with Crippen LogP contribution in [-0.2, 0) is 0 Å². The monoisotopic (exact) mass is 298 g/mol. The van der Waals surface area contributed by atoms with Crippen LogP contribution in [0.2, 0.25) is 0 Å². The summed E-state index contributed by atoms with van der Waals surface area (Å²) in [5.41, 5.74) is 2.74. The van der Waals surface area contributed by atoms with Crippen LogP contribution in [0.1, 0.15) is 10.9 Å². The Hall–Kier alpha value is -0.910.